The van der Waals surface area contributed by atoms with E-state index in [2.05, 4.69) is 30.9 Å². The molecule has 0 bridgehead atoms. The number of nitrogens with one attached hydrogen (secondary N) is 3. The van der Waals surface area contributed by atoms with Crippen molar-refractivity contribution in [2.45, 2.75) is 4.90 Å². The maximum absolute atomic E-state index is 13.6. The summed E-state index contributed by atoms with van der Waals surface area (Å²) in [5.41, 5.74) is 2.98. The molecule has 0 saturated heterocycles. The predicted molar refractivity (Wildman–Crippen MR) is 195 cm³/mol. The first-order chi connectivity index (χ1) is 24.1. The van der Waals surface area contributed by atoms with Gasteiger partial charge in [0.05, 0.1) is 39.2 Å². The zero-order chi connectivity index (χ0) is 35.3. The molecule has 3 aromatic heterocycles. The molecule has 6 rings (SSSR count). The molecule has 0 unspecified atom stereocenters. The number of hydrogen-bond donors (Lipinski definition) is 3. The predicted octanol–water partition coefficient (Wildman–Crippen LogP) is 6.44. The van der Waals surface area contributed by atoms with Crippen LogP contribution in [0.2, 0.25) is 5.02 Å². The van der Waals surface area contributed by atoms with E-state index < -0.39 is 15.9 Å². The summed E-state index contributed by atoms with van der Waals surface area (Å²) in [6, 6.07) is 25.3. The molecule has 0 aliphatic heterocycles. The molecule has 0 spiro atoms. The Morgan fingerprint density at radius 3 is 2.38 bits per heavy atom. The van der Waals surface area contributed by atoms with E-state index in [1.165, 1.54) is 34.7 Å². The van der Waals surface area contributed by atoms with Gasteiger partial charge >= 0.3 is 0 Å². The van der Waals surface area contributed by atoms with Crippen LogP contribution in [0.3, 0.4) is 0 Å². The van der Waals surface area contributed by atoms with Gasteiger partial charge in [0.1, 0.15) is 5.69 Å². The topological polar surface area (TPSA) is 151 Å². The van der Waals surface area contributed by atoms with E-state index in [1.54, 1.807) is 78.9 Å². The molecular weight excluding hydrogens is 676 g/mol. The quantitative estimate of drug-likeness (QED) is 0.129. The van der Waals surface area contributed by atoms with E-state index in [9.17, 15) is 18.0 Å². The molecule has 0 atom stereocenters. The Bertz CT molecular complexity index is 2330. The Kier molecular flexibility index (Phi) is 9.99. The number of hydrogen-bond acceptors (Lipinski definition) is 9. The van der Waals surface area contributed by atoms with Crippen LogP contribution in [0.1, 0.15) is 10.5 Å². The number of para-hydroxylation sites is 1. The molecule has 50 heavy (non-hydrogen) atoms. The third-order valence-electron chi connectivity index (χ3n) is 7.36. The molecule has 2 amide bonds. The standard InChI is InChI=1S/C36H31ClN8O4S/c1-44(2)19-9-16-33(46)40-26-17-18-31(38-21-26)35(47)41-24-10-8-11-25(20-24)42-36-39-22-30(37)34(43-36)29-23-45(32-15-7-6-14-28(29)32)50(48,49)27-12-4-3-5-13-27/h3-18,20-23H,19H2,1-2H3,(H,40,46)(H,41,47)(H,39,42,43)/b16-9+. The van der Waals surface area contributed by atoms with Crippen molar-refractivity contribution in [3.8, 4) is 11.3 Å². The van der Waals surface area contributed by atoms with Crippen LogP contribution < -0.4 is 16.0 Å². The van der Waals surface area contributed by atoms with Gasteiger partial charge in [-0.3, -0.25) is 9.59 Å². The molecule has 12 nitrogen and oxygen atoms in total. The normalized spacial score (nSPS) is 11.6. The summed E-state index contributed by atoms with van der Waals surface area (Å²) in [6.07, 6.45) is 7.55. The number of rotatable bonds is 11. The number of nitrogens with zero attached hydrogens (tertiary/aromatic N) is 5. The van der Waals surface area contributed by atoms with Gasteiger partial charge in [-0.1, -0.05) is 60.1 Å². The first kappa shape index (κ1) is 34.0. The fraction of sp³-hybridized carbons (Fsp3) is 0.0833. The number of carbonyl (C=O) groups excluding carboxylic acids is 2. The summed E-state index contributed by atoms with van der Waals surface area (Å²) < 4.78 is 28.5. The van der Waals surface area contributed by atoms with Crippen LogP contribution in [-0.2, 0) is 14.8 Å². The molecule has 252 valence electrons. The lowest BCUT2D eigenvalue weighted by molar-refractivity contribution is -0.111. The number of likely N-dealkylation sites (N-methyl/N-ethyl adjacent to an activating group) is 1. The minimum Gasteiger partial charge on any atom is -0.324 e. The molecule has 0 fully saturated rings. The SMILES string of the molecule is CN(C)C/C=C/C(=O)Nc1ccc(C(=O)Nc2cccc(Nc3ncc(Cl)c(-c4cn(S(=O)(=O)c5ccccc5)c5ccccc45)n3)c2)nc1. The van der Waals surface area contributed by atoms with Crippen molar-refractivity contribution in [3.05, 3.63) is 132 Å². The minimum absolute atomic E-state index is 0.149. The summed E-state index contributed by atoms with van der Waals surface area (Å²) in [6.45, 7) is 0.630. The highest BCUT2D eigenvalue weighted by Crippen LogP contribution is 2.36. The third-order valence-corrected chi connectivity index (χ3v) is 9.32. The molecule has 0 saturated carbocycles. The Morgan fingerprint density at radius 1 is 0.860 bits per heavy atom. The monoisotopic (exact) mass is 706 g/mol. The van der Waals surface area contributed by atoms with Crippen molar-refractivity contribution < 1.29 is 18.0 Å². The summed E-state index contributed by atoms with van der Waals surface area (Å²) in [5, 5.41) is 9.53. The van der Waals surface area contributed by atoms with Gasteiger partial charge in [0, 0.05) is 41.1 Å². The van der Waals surface area contributed by atoms with Crippen LogP contribution in [0.4, 0.5) is 23.0 Å². The highest BCUT2D eigenvalue weighted by molar-refractivity contribution is 7.90. The maximum atomic E-state index is 13.6. The van der Waals surface area contributed by atoms with Crippen LogP contribution >= 0.6 is 11.6 Å². The van der Waals surface area contributed by atoms with E-state index >= 15 is 0 Å². The van der Waals surface area contributed by atoms with Gasteiger partial charge in [0.15, 0.2) is 0 Å². The van der Waals surface area contributed by atoms with E-state index in [4.69, 9.17) is 11.6 Å². The lowest BCUT2D eigenvalue weighted by atomic mass is 10.1. The Hall–Kier alpha value is -5.89. The molecule has 0 radical (unpaired) electrons. The average molecular weight is 707 g/mol. The zero-order valence-electron chi connectivity index (χ0n) is 26.9. The highest BCUT2D eigenvalue weighted by atomic mass is 35.5. The molecule has 0 aliphatic carbocycles. The van der Waals surface area contributed by atoms with Gasteiger partial charge in [-0.25, -0.2) is 27.3 Å². The number of benzene rings is 3. The number of amides is 2. The van der Waals surface area contributed by atoms with Crippen LogP contribution in [0.25, 0.3) is 22.2 Å². The lowest BCUT2D eigenvalue weighted by Crippen LogP contribution is -2.15. The number of fused-ring (bicyclic) bond motifs is 1. The largest absolute Gasteiger partial charge is 0.324 e. The molecule has 3 aromatic carbocycles. The minimum atomic E-state index is -3.92. The summed E-state index contributed by atoms with van der Waals surface area (Å²) in [5.74, 6) is -0.543. The smallest absolute Gasteiger partial charge is 0.274 e. The first-order valence-electron chi connectivity index (χ1n) is 15.3. The Morgan fingerprint density at radius 2 is 1.62 bits per heavy atom. The van der Waals surface area contributed by atoms with Gasteiger partial charge in [0.25, 0.3) is 15.9 Å². The van der Waals surface area contributed by atoms with E-state index in [0.29, 0.717) is 45.8 Å². The number of pyridine rings is 1. The molecule has 3 heterocycles. The summed E-state index contributed by atoms with van der Waals surface area (Å²) in [4.78, 5) is 40.3. The molecule has 3 N–H and O–H groups in total. The van der Waals surface area contributed by atoms with E-state index in [0.717, 1.165) is 0 Å². The Balaban J connectivity index is 1.19. The maximum Gasteiger partial charge on any atom is 0.274 e. The molecule has 6 aromatic rings. The molecule has 14 heteroatoms. The van der Waals surface area contributed by atoms with E-state index in [-0.39, 0.29) is 27.5 Å². The second-order valence-corrected chi connectivity index (χ2v) is 13.5. The lowest BCUT2D eigenvalue weighted by Gasteiger charge is -2.10. The van der Waals surface area contributed by atoms with Crippen molar-refractivity contribution in [2.24, 2.45) is 0 Å². The summed E-state index contributed by atoms with van der Waals surface area (Å²) in [7, 11) is -0.111. The number of aromatic nitrogens is 4. The third kappa shape index (κ3) is 7.70. The van der Waals surface area contributed by atoms with Crippen LogP contribution in [-0.4, -0.2) is 64.7 Å². The Labute approximate surface area is 293 Å². The fourth-order valence-electron chi connectivity index (χ4n) is 5.02. The number of halogens is 1. The summed E-state index contributed by atoms with van der Waals surface area (Å²) >= 11 is 6.59. The number of anilines is 4. The van der Waals surface area contributed by atoms with Crippen molar-refractivity contribution >= 4 is 67.4 Å². The average Bonchev–Trinajstić information content (AvgIpc) is 3.50. The van der Waals surface area contributed by atoms with Crippen LogP contribution in [0.5, 0.6) is 0 Å². The molecular formula is C36H31ClN8O4S. The first-order valence-corrected chi connectivity index (χ1v) is 17.1. The zero-order valence-corrected chi connectivity index (χ0v) is 28.5. The molecule has 0 aliphatic rings. The van der Waals surface area contributed by atoms with Crippen molar-refractivity contribution in [2.75, 3.05) is 36.6 Å². The second kappa shape index (κ2) is 14.7. The van der Waals surface area contributed by atoms with Gasteiger partial charge in [-0.05, 0) is 62.6 Å². The van der Waals surface area contributed by atoms with Gasteiger partial charge in [-0.2, -0.15) is 0 Å². The van der Waals surface area contributed by atoms with Crippen molar-refractivity contribution in [1.29, 1.82) is 0 Å². The van der Waals surface area contributed by atoms with Crippen LogP contribution in [0.15, 0.2) is 127 Å². The highest BCUT2D eigenvalue weighted by Gasteiger charge is 2.23. The van der Waals surface area contributed by atoms with Gasteiger partial charge in [0.2, 0.25) is 11.9 Å². The van der Waals surface area contributed by atoms with Gasteiger partial charge in [-0.15, -0.1) is 0 Å². The van der Waals surface area contributed by atoms with Gasteiger partial charge < -0.3 is 20.9 Å². The number of carbonyl (C=O) groups is 2. The second-order valence-electron chi connectivity index (χ2n) is 11.3. The van der Waals surface area contributed by atoms with Crippen LogP contribution in [0, 0.1) is 0 Å². The van der Waals surface area contributed by atoms with Crippen molar-refractivity contribution in [3.63, 3.8) is 0 Å². The van der Waals surface area contributed by atoms with Crippen molar-refractivity contribution in [1.82, 2.24) is 23.8 Å². The fourth-order valence-corrected chi connectivity index (χ4v) is 6.60. The van der Waals surface area contributed by atoms with E-state index in [1.807, 2.05) is 31.1 Å².